The maximum absolute atomic E-state index is 13.0. The smallest absolute Gasteiger partial charge is 0.323 e. The summed E-state index contributed by atoms with van der Waals surface area (Å²) in [5, 5.41) is 12.1. The Morgan fingerprint density at radius 3 is 2.71 bits per heavy atom. The average Bonchev–Trinajstić information content (AvgIpc) is 3.21. The Hall–Kier alpha value is -2.33. The predicted molar refractivity (Wildman–Crippen MR) is 120 cm³/mol. The molecule has 2 aromatic rings. The van der Waals surface area contributed by atoms with E-state index in [-0.39, 0.29) is 23.6 Å². The standard InChI is InChI=1S/C21H26FN3O4S2/c22-15-7-9-17(10-8-15)29-12-4-11-25(16-5-2-1-3-6-16)21(28)24-20-23-13-19(31-20)30-14-18(26)27/h7-10,13,16H,1-6,11-12,14H2,(H,26,27)(H,23,24,28). The molecule has 0 radical (unpaired) electrons. The second-order valence-electron chi connectivity index (χ2n) is 7.24. The number of amides is 2. The van der Waals surface area contributed by atoms with Crippen LogP contribution in [-0.4, -0.2) is 51.9 Å². The molecule has 31 heavy (non-hydrogen) atoms. The molecule has 1 aromatic heterocycles. The molecule has 0 aliphatic heterocycles. The second kappa shape index (κ2) is 11.9. The van der Waals surface area contributed by atoms with Crippen molar-refractivity contribution in [3.63, 3.8) is 0 Å². The number of halogens is 1. The van der Waals surface area contributed by atoms with Gasteiger partial charge in [-0.15, -0.1) is 11.8 Å². The Bertz CT molecular complexity index is 857. The third kappa shape index (κ3) is 7.70. The molecule has 0 atom stereocenters. The molecule has 2 amide bonds. The first-order chi connectivity index (χ1) is 15.0. The van der Waals surface area contributed by atoms with Crippen molar-refractivity contribution in [1.82, 2.24) is 9.88 Å². The summed E-state index contributed by atoms with van der Waals surface area (Å²) >= 11 is 2.45. The number of ether oxygens (including phenoxy) is 1. The van der Waals surface area contributed by atoms with E-state index in [0.717, 1.165) is 29.9 Å². The lowest BCUT2D eigenvalue weighted by Gasteiger charge is -2.34. The van der Waals surface area contributed by atoms with E-state index in [0.29, 0.717) is 30.5 Å². The number of thioether (sulfide) groups is 1. The highest BCUT2D eigenvalue weighted by Crippen LogP contribution is 2.29. The van der Waals surface area contributed by atoms with Gasteiger partial charge >= 0.3 is 12.0 Å². The Labute approximate surface area is 189 Å². The molecule has 1 aromatic carbocycles. The van der Waals surface area contributed by atoms with E-state index in [2.05, 4.69) is 10.3 Å². The maximum atomic E-state index is 13.0. The van der Waals surface area contributed by atoms with Gasteiger partial charge in [0, 0.05) is 12.6 Å². The molecule has 2 N–H and O–H groups in total. The Morgan fingerprint density at radius 2 is 2.00 bits per heavy atom. The minimum Gasteiger partial charge on any atom is -0.494 e. The highest BCUT2D eigenvalue weighted by atomic mass is 32.2. The maximum Gasteiger partial charge on any atom is 0.323 e. The van der Waals surface area contributed by atoms with Crippen molar-refractivity contribution in [1.29, 1.82) is 0 Å². The summed E-state index contributed by atoms with van der Waals surface area (Å²) in [7, 11) is 0. The molecule has 168 valence electrons. The highest BCUT2D eigenvalue weighted by molar-refractivity contribution is 8.01. The van der Waals surface area contributed by atoms with Gasteiger partial charge in [0.1, 0.15) is 11.6 Å². The molecule has 0 spiro atoms. The molecule has 1 fully saturated rings. The van der Waals surface area contributed by atoms with Crippen LogP contribution in [-0.2, 0) is 4.79 Å². The van der Waals surface area contributed by atoms with E-state index < -0.39 is 5.97 Å². The van der Waals surface area contributed by atoms with Crippen LogP contribution < -0.4 is 10.1 Å². The van der Waals surface area contributed by atoms with E-state index in [4.69, 9.17) is 9.84 Å². The number of nitrogens with one attached hydrogen (secondary N) is 1. The van der Waals surface area contributed by atoms with Gasteiger partial charge in [-0.3, -0.25) is 10.1 Å². The molecule has 0 unspecified atom stereocenters. The Morgan fingerprint density at radius 1 is 1.26 bits per heavy atom. The summed E-state index contributed by atoms with van der Waals surface area (Å²) in [6, 6.07) is 5.87. The fourth-order valence-electron chi connectivity index (χ4n) is 3.48. The van der Waals surface area contributed by atoms with Crippen LogP contribution in [0.4, 0.5) is 14.3 Å². The van der Waals surface area contributed by atoms with E-state index in [1.807, 2.05) is 4.90 Å². The number of aromatic nitrogens is 1. The SMILES string of the molecule is O=C(O)CSc1cnc(NC(=O)N(CCCOc2ccc(F)cc2)C2CCCCC2)s1. The first kappa shape index (κ1) is 23.3. The number of rotatable bonds is 10. The van der Waals surface area contributed by atoms with Gasteiger partial charge in [-0.05, 0) is 43.5 Å². The monoisotopic (exact) mass is 467 g/mol. The first-order valence-electron chi connectivity index (χ1n) is 10.3. The molecular formula is C21H26FN3O4S2. The zero-order valence-corrected chi connectivity index (χ0v) is 18.7. The molecule has 1 aliphatic carbocycles. The van der Waals surface area contributed by atoms with Crippen molar-refractivity contribution < 1.29 is 23.8 Å². The summed E-state index contributed by atoms with van der Waals surface area (Å²) < 4.78 is 19.4. The van der Waals surface area contributed by atoms with Crippen molar-refractivity contribution in [3.05, 3.63) is 36.3 Å². The summed E-state index contributed by atoms with van der Waals surface area (Å²) in [6.07, 6.45) is 7.58. The number of carboxylic acid groups (broad SMARTS) is 1. The second-order valence-corrected chi connectivity index (χ2v) is 9.54. The van der Waals surface area contributed by atoms with Crippen LogP contribution in [0.1, 0.15) is 38.5 Å². The largest absolute Gasteiger partial charge is 0.494 e. The molecule has 3 rings (SSSR count). The number of hydrogen-bond donors (Lipinski definition) is 2. The number of carboxylic acids is 1. The van der Waals surface area contributed by atoms with E-state index in [1.165, 1.54) is 41.7 Å². The van der Waals surface area contributed by atoms with Gasteiger partial charge in [-0.25, -0.2) is 14.2 Å². The van der Waals surface area contributed by atoms with Gasteiger partial charge in [0.05, 0.1) is 22.8 Å². The summed E-state index contributed by atoms with van der Waals surface area (Å²) in [5.74, 6) is -0.642. The zero-order chi connectivity index (χ0) is 22.1. The molecule has 1 saturated carbocycles. The van der Waals surface area contributed by atoms with Gasteiger partial charge in [0.25, 0.3) is 0 Å². The predicted octanol–water partition coefficient (Wildman–Crippen LogP) is 5.09. The number of nitrogens with zero attached hydrogens (tertiary/aromatic N) is 2. The van der Waals surface area contributed by atoms with Gasteiger partial charge < -0.3 is 14.7 Å². The number of aliphatic carboxylic acids is 1. The Kier molecular flexibility index (Phi) is 8.96. The lowest BCUT2D eigenvalue weighted by atomic mass is 9.94. The fourth-order valence-corrected chi connectivity index (χ4v) is 5.06. The average molecular weight is 468 g/mol. The number of benzene rings is 1. The lowest BCUT2D eigenvalue weighted by molar-refractivity contribution is -0.133. The van der Waals surface area contributed by atoms with Crippen LogP contribution in [0.3, 0.4) is 0 Å². The summed E-state index contributed by atoms with van der Waals surface area (Å²) in [5.41, 5.74) is 0. The normalized spacial score (nSPS) is 14.2. The van der Waals surface area contributed by atoms with Crippen molar-refractivity contribution in [2.75, 3.05) is 24.2 Å². The lowest BCUT2D eigenvalue weighted by Crippen LogP contribution is -2.44. The van der Waals surface area contributed by atoms with Crippen molar-refractivity contribution in [2.45, 2.75) is 48.8 Å². The third-order valence-corrected chi connectivity index (χ3v) is 7.03. The first-order valence-corrected chi connectivity index (χ1v) is 12.1. The fraction of sp³-hybridized carbons (Fsp3) is 0.476. The van der Waals surface area contributed by atoms with Crippen LogP contribution in [0.5, 0.6) is 5.75 Å². The number of anilines is 1. The van der Waals surface area contributed by atoms with Crippen LogP contribution in [0, 0.1) is 5.82 Å². The van der Waals surface area contributed by atoms with Crippen LogP contribution in [0.2, 0.25) is 0 Å². The van der Waals surface area contributed by atoms with E-state index in [1.54, 1.807) is 18.3 Å². The Balaban J connectivity index is 1.54. The van der Waals surface area contributed by atoms with Gasteiger partial charge in [0.15, 0.2) is 5.13 Å². The molecule has 0 bridgehead atoms. The van der Waals surface area contributed by atoms with Gasteiger partial charge in [-0.1, -0.05) is 30.6 Å². The number of hydrogen-bond acceptors (Lipinski definition) is 6. The number of carbonyl (C=O) groups is 2. The van der Waals surface area contributed by atoms with Crippen molar-refractivity contribution in [2.24, 2.45) is 0 Å². The van der Waals surface area contributed by atoms with Gasteiger partial charge in [-0.2, -0.15) is 0 Å². The van der Waals surface area contributed by atoms with Crippen LogP contribution >= 0.6 is 23.1 Å². The van der Waals surface area contributed by atoms with E-state index >= 15 is 0 Å². The molecule has 7 nitrogen and oxygen atoms in total. The number of carbonyl (C=O) groups excluding carboxylic acids is 1. The summed E-state index contributed by atoms with van der Waals surface area (Å²) in [6.45, 7) is 0.971. The zero-order valence-electron chi connectivity index (χ0n) is 17.1. The highest BCUT2D eigenvalue weighted by Gasteiger charge is 2.25. The quantitative estimate of drug-likeness (QED) is 0.373. The van der Waals surface area contributed by atoms with E-state index in [9.17, 15) is 14.0 Å². The van der Waals surface area contributed by atoms with Crippen molar-refractivity contribution >= 4 is 40.2 Å². The molecule has 1 heterocycles. The molecule has 10 heteroatoms. The van der Waals surface area contributed by atoms with Crippen molar-refractivity contribution in [3.8, 4) is 5.75 Å². The number of urea groups is 1. The minimum atomic E-state index is -0.893. The van der Waals surface area contributed by atoms with Crippen LogP contribution in [0.25, 0.3) is 0 Å². The summed E-state index contributed by atoms with van der Waals surface area (Å²) in [4.78, 5) is 29.8. The molecule has 0 saturated heterocycles. The minimum absolute atomic E-state index is 0.0438. The molecular weight excluding hydrogens is 441 g/mol. The number of thiazole rings is 1. The molecule has 1 aliphatic rings. The van der Waals surface area contributed by atoms with Crippen LogP contribution in [0.15, 0.2) is 34.7 Å². The third-order valence-electron chi connectivity index (χ3n) is 4.94. The van der Waals surface area contributed by atoms with Gasteiger partial charge in [0.2, 0.25) is 0 Å². The topological polar surface area (TPSA) is 91.8 Å².